The second kappa shape index (κ2) is 9.14. The first-order valence-electron chi connectivity index (χ1n) is 8.65. The van der Waals surface area contributed by atoms with Crippen molar-refractivity contribution in [1.29, 1.82) is 0 Å². The van der Waals surface area contributed by atoms with Gasteiger partial charge in [-0.15, -0.1) is 0 Å². The molecule has 0 bridgehead atoms. The van der Waals surface area contributed by atoms with Gasteiger partial charge >= 0.3 is 0 Å². The fraction of sp³-hybridized carbons (Fsp3) is 0.350. The number of morpholine rings is 1. The van der Waals surface area contributed by atoms with Crippen LogP contribution >= 0.6 is 15.9 Å². The Hall–Kier alpha value is -1.92. The van der Waals surface area contributed by atoms with Crippen molar-refractivity contribution < 1.29 is 18.7 Å². The molecule has 1 heterocycles. The van der Waals surface area contributed by atoms with Crippen LogP contribution in [0.5, 0.6) is 5.75 Å². The Bertz CT molecular complexity index is 738. The number of rotatable bonds is 6. The maximum atomic E-state index is 13.1. The molecule has 3 rings (SSSR count). The van der Waals surface area contributed by atoms with Crippen molar-refractivity contribution in [2.24, 2.45) is 0 Å². The molecule has 1 amide bonds. The van der Waals surface area contributed by atoms with E-state index in [1.807, 2.05) is 29.2 Å². The first-order valence-corrected chi connectivity index (χ1v) is 9.44. The Morgan fingerprint density at radius 1 is 1.27 bits per heavy atom. The highest BCUT2D eigenvalue weighted by atomic mass is 79.9. The zero-order chi connectivity index (χ0) is 18.4. The van der Waals surface area contributed by atoms with Crippen molar-refractivity contribution in [3.8, 4) is 5.75 Å². The second-order valence-corrected chi connectivity index (χ2v) is 7.08. The van der Waals surface area contributed by atoms with E-state index in [4.69, 9.17) is 9.47 Å². The van der Waals surface area contributed by atoms with Crippen molar-refractivity contribution in [2.75, 3.05) is 26.3 Å². The van der Waals surface area contributed by atoms with E-state index in [2.05, 4.69) is 15.9 Å². The number of carbonyl (C=O) groups excluding carboxylic acids is 1. The summed E-state index contributed by atoms with van der Waals surface area (Å²) in [5, 5.41) is 0. The van der Waals surface area contributed by atoms with E-state index in [1.165, 1.54) is 12.1 Å². The summed E-state index contributed by atoms with van der Waals surface area (Å²) in [5.74, 6) is 0.253. The van der Waals surface area contributed by atoms with Crippen LogP contribution in [0.1, 0.15) is 24.5 Å². The van der Waals surface area contributed by atoms with Gasteiger partial charge in [0.15, 0.2) is 0 Å². The fourth-order valence-electron chi connectivity index (χ4n) is 2.88. The van der Waals surface area contributed by atoms with E-state index in [0.717, 1.165) is 10.0 Å². The molecule has 4 nitrogen and oxygen atoms in total. The van der Waals surface area contributed by atoms with Crippen LogP contribution in [0.4, 0.5) is 4.39 Å². The maximum absolute atomic E-state index is 13.1. The zero-order valence-electron chi connectivity index (χ0n) is 14.4. The lowest BCUT2D eigenvalue weighted by atomic mass is 10.1. The van der Waals surface area contributed by atoms with Gasteiger partial charge < -0.3 is 14.4 Å². The quantitative estimate of drug-likeness (QED) is 0.650. The third-order valence-corrected chi connectivity index (χ3v) is 4.79. The molecule has 0 aliphatic carbocycles. The van der Waals surface area contributed by atoms with Gasteiger partial charge in [-0.3, -0.25) is 4.79 Å². The molecule has 0 radical (unpaired) electrons. The molecule has 26 heavy (non-hydrogen) atoms. The molecule has 0 spiro atoms. The zero-order valence-corrected chi connectivity index (χ0v) is 16.0. The maximum Gasteiger partial charge on any atom is 0.222 e. The van der Waals surface area contributed by atoms with Gasteiger partial charge in [0, 0.05) is 23.5 Å². The second-order valence-electron chi connectivity index (χ2n) is 6.16. The molecule has 2 aromatic rings. The Labute approximate surface area is 161 Å². The minimum absolute atomic E-state index is 0.0932. The van der Waals surface area contributed by atoms with E-state index in [-0.39, 0.29) is 17.8 Å². The summed E-state index contributed by atoms with van der Waals surface area (Å²) in [7, 11) is 0. The molecule has 1 aliphatic rings. The number of benzene rings is 2. The van der Waals surface area contributed by atoms with Gasteiger partial charge in [0.1, 0.15) is 17.7 Å². The molecule has 0 saturated carbocycles. The van der Waals surface area contributed by atoms with Crippen LogP contribution in [0, 0.1) is 5.82 Å². The first-order chi connectivity index (χ1) is 12.6. The molecule has 0 aromatic heterocycles. The minimum atomic E-state index is -0.328. The summed E-state index contributed by atoms with van der Waals surface area (Å²) in [6.07, 6.45) is 0.905. The summed E-state index contributed by atoms with van der Waals surface area (Å²) >= 11 is 3.42. The standard InChI is InChI=1S/C20H21BrFNO3/c21-16-8-6-15(7-9-16)19-14-23(10-12-26-19)20(24)5-2-11-25-18-4-1-3-17(22)13-18/h1,3-4,6-9,13,19H,2,5,10-12,14H2. The van der Waals surface area contributed by atoms with Crippen molar-refractivity contribution in [2.45, 2.75) is 18.9 Å². The number of halogens is 2. The molecule has 138 valence electrons. The SMILES string of the molecule is O=C(CCCOc1cccc(F)c1)N1CCOC(c2ccc(Br)cc2)C1. The summed E-state index contributed by atoms with van der Waals surface area (Å²) in [6.45, 7) is 2.09. The highest BCUT2D eigenvalue weighted by Gasteiger charge is 2.25. The van der Waals surface area contributed by atoms with Crippen LogP contribution in [0.15, 0.2) is 53.0 Å². The van der Waals surface area contributed by atoms with Crippen LogP contribution in [-0.4, -0.2) is 37.1 Å². The first kappa shape index (κ1) is 18.9. The lowest BCUT2D eigenvalue weighted by molar-refractivity contribution is -0.139. The van der Waals surface area contributed by atoms with Crippen LogP contribution < -0.4 is 4.74 Å². The number of hydrogen-bond acceptors (Lipinski definition) is 3. The van der Waals surface area contributed by atoms with Gasteiger partial charge in [-0.05, 0) is 36.2 Å². The van der Waals surface area contributed by atoms with Crippen molar-refractivity contribution >= 4 is 21.8 Å². The molecule has 6 heteroatoms. The van der Waals surface area contributed by atoms with E-state index in [1.54, 1.807) is 12.1 Å². The van der Waals surface area contributed by atoms with Crippen LogP contribution in [0.2, 0.25) is 0 Å². The third kappa shape index (κ3) is 5.29. The smallest absolute Gasteiger partial charge is 0.222 e. The number of carbonyl (C=O) groups is 1. The fourth-order valence-corrected chi connectivity index (χ4v) is 3.15. The molecule has 0 N–H and O–H groups in total. The average molecular weight is 422 g/mol. The van der Waals surface area contributed by atoms with Gasteiger partial charge in [0.25, 0.3) is 0 Å². The van der Waals surface area contributed by atoms with Crippen LogP contribution in [0.25, 0.3) is 0 Å². The summed E-state index contributed by atoms with van der Waals surface area (Å²) < 4.78 is 25.4. The highest BCUT2D eigenvalue weighted by Crippen LogP contribution is 2.24. The third-order valence-electron chi connectivity index (χ3n) is 4.26. The highest BCUT2D eigenvalue weighted by molar-refractivity contribution is 9.10. The number of nitrogens with zero attached hydrogens (tertiary/aromatic N) is 1. The predicted molar refractivity (Wildman–Crippen MR) is 101 cm³/mol. The molecule has 1 unspecified atom stereocenters. The minimum Gasteiger partial charge on any atom is -0.493 e. The molecular weight excluding hydrogens is 401 g/mol. The van der Waals surface area contributed by atoms with Gasteiger partial charge in [0.2, 0.25) is 5.91 Å². The summed E-state index contributed by atoms with van der Waals surface area (Å²) in [6, 6.07) is 14.0. The molecule has 1 saturated heterocycles. The van der Waals surface area contributed by atoms with Gasteiger partial charge in [0.05, 0.1) is 19.8 Å². The topological polar surface area (TPSA) is 38.8 Å². The average Bonchev–Trinajstić information content (AvgIpc) is 2.66. The van der Waals surface area contributed by atoms with Gasteiger partial charge in [-0.25, -0.2) is 4.39 Å². The number of ether oxygens (including phenoxy) is 2. The summed E-state index contributed by atoms with van der Waals surface area (Å²) in [5.41, 5.74) is 1.07. The Morgan fingerprint density at radius 2 is 2.08 bits per heavy atom. The number of amides is 1. The number of hydrogen-bond donors (Lipinski definition) is 0. The Balaban J connectivity index is 1.44. The van der Waals surface area contributed by atoms with E-state index in [0.29, 0.717) is 44.9 Å². The van der Waals surface area contributed by atoms with Crippen LogP contribution in [0.3, 0.4) is 0 Å². The Kier molecular flexibility index (Phi) is 6.63. The predicted octanol–water partition coefficient (Wildman–Crippen LogP) is 4.35. The normalized spacial score (nSPS) is 17.2. The summed E-state index contributed by atoms with van der Waals surface area (Å²) in [4.78, 5) is 14.3. The molecule has 1 atom stereocenters. The Morgan fingerprint density at radius 3 is 2.85 bits per heavy atom. The monoisotopic (exact) mass is 421 g/mol. The molecule has 1 fully saturated rings. The lowest BCUT2D eigenvalue weighted by Crippen LogP contribution is -2.42. The van der Waals surface area contributed by atoms with E-state index >= 15 is 0 Å². The van der Waals surface area contributed by atoms with E-state index < -0.39 is 0 Å². The largest absolute Gasteiger partial charge is 0.493 e. The van der Waals surface area contributed by atoms with Gasteiger partial charge in [-0.1, -0.05) is 34.1 Å². The molecular formula is C20H21BrFNO3. The van der Waals surface area contributed by atoms with Gasteiger partial charge in [-0.2, -0.15) is 0 Å². The van der Waals surface area contributed by atoms with E-state index in [9.17, 15) is 9.18 Å². The molecule has 2 aromatic carbocycles. The van der Waals surface area contributed by atoms with Crippen molar-refractivity contribution in [3.63, 3.8) is 0 Å². The molecule has 1 aliphatic heterocycles. The van der Waals surface area contributed by atoms with Crippen molar-refractivity contribution in [3.05, 3.63) is 64.4 Å². The van der Waals surface area contributed by atoms with Crippen molar-refractivity contribution in [1.82, 2.24) is 4.90 Å². The lowest BCUT2D eigenvalue weighted by Gasteiger charge is -2.33. The van der Waals surface area contributed by atoms with Crippen LogP contribution in [-0.2, 0) is 9.53 Å².